The van der Waals surface area contributed by atoms with Crippen LogP contribution in [-0.2, 0) is 9.53 Å². The third-order valence-corrected chi connectivity index (χ3v) is 3.74. The molecule has 3 rings (SSSR count). The molecule has 0 radical (unpaired) electrons. The van der Waals surface area contributed by atoms with Crippen molar-refractivity contribution in [1.29, 1.82) is 0 Å². The van der Waals surface area contributed by atoms with Crippen molar-refractivity contribution < 1.29 is 18.7 Å². The molecule has 0 saturated carbocycles. The minimum absolute atomic E-state index is 0.0595. The smallest absolute Gasteiger partial charge is 0.307 e. The predicted molar refractivity (Wildman–Crippen MR) is 101 cm³/mol. The van der Waals surface area contributed by atoms with Crippen molar-refractivity contribution in [2.24, 2.45) is 0 Å². The zero-order valence-corrected chi connectivity index (χ0v) is 15.1. The van der Waals surface area contributed by atoms with Gasteiger partial charge in [-0.25, -0.2) is 14.4 Å². The zero-order chi connectivity index (χ0) is 19.9. The number of anilines is 2. The summed E-state index contributed by atoms with van der Waals surface area (Å²) in [6.45, 7) is 2.40. The van der Waals surface area contributed by atoms with Gasteiger partial charge >= 0.3 is 5.97 Å². The van der Waals surface area contributed by atoms with E-state index in [4.69, 9.17) is 4.74 Å². The fraction of sp³-hybridized carbons (Fsp3) is 0.211. The highest BCUT2D eigenvalue weighted by atomic mass is 19.1. The number of rotatable bonds is 7. The van der Waals surface area contributed by atoms with Crippen LogP contribution in [0.3, 0.4) is 0 Å². The predicted octanol–water partition coefficient (Wildman–Crippen LogP) is 2.78. The van der Waals surface area contributed by atoms with E-state index in [9.17, 15) is 14.0 Å². The summed E-state index contributed by atoms with van der Waals surface area (Å²) in [5, 5.41) is 6.10. The summed E-state index contributed by atoms with van der Waals surface area (Å²) in [6.07, 6.45) is 4.42. The molecule has 1 aromatic carbocycles. The average Bonchev–Trinajstić information content (AvgIpc) is 2.68. The van der Waals surface area contributed by atoms with Crippen molar-refractivity contribution in [2.45, 2.75) is 13.3 Å². The molecule has 9 heteroatoms. The number of nitrogens with one attached hydrogen (secondary N) is 2. The summed E-state index contributed by atoms with van der Waals surface area (Å²) in [5.41, 5.74) is 0.783. The van der Waals surface area contributed by atoms with Gasteiger partial charge in [0.15, 0.2) is 0 Å². The summed E-state index contributed by atoms with van der Waals surface area (Å²) in [6, 6.07) is 5.94. The first-order chi connectivity index (χ1) is 13.6. The third-order valence-electron chi connectivity index (χ3n) is 3.74. The molecule has 28 heavy (non-hydrogen) atoms. The van der Waals surface area contributed by atoms with Gasteiger partial charge in [-0.3, -0.25) is 14.6 Å². The topological polar surface area (TPSA) is 106 Å². The summed E-state index contributed by atoms with van der Waals surface area (Å²) < 4.78 is 18.6. The minimum Gasteiger partial charge on any atom is -0.466 e. The first-order valence-corrected chi connectivity index (χ1v) is 8.64. The van der Waals surface area contributed by atoms with E-state index in [1.165, 1.54) is 24.5 Å². The maximum atomic E-state index is 13.8. The van der Waals surface area contributed by atoms with Crippen molar-refractivity contribution in [3.05, 3.63) is 54.4 Å². The van der Waals surface area contributed by atoms with Crippen LogP contribution in [0, 0.1) is 5.82 Å². The molecule has 8 nitrogen and oxygen atoms in total. The third kappa shape index (κ3) is 4.76. The van der Waals surface area contributed by atoms with E-state index in [1.807, 2.05) is 0 Å². The van der Waals surface area contributed by atoms with Crippen LogP contribution in [0.2, 0.25) is 0 Å². The van der Waals surface area contributed by atoms with Gasteiger partial charge in [0.25, 0.3) is 5.91 Å². The van der Waals surface area contributed by atoms with Crippen LogP contribution >= 0.6 is 0 Å². The molecule has 144 valence electrons. The Kier molecular flexibility index (Phi) is 6.05. The Morgan fingerprint density at radius 2 is 2.04 bits per heavy atom. The number of pyridine rings is 1. The van der Waals surface area contributed by atoms with E-state index in [1.54, 1.807) is 25.3 Å². The summed E-state index contributed by atoms with van der Waals surface area (Å²) in [4.78, 5) is 36.0. The normalized spacial score (nSPS) is 10.5. The van der Waals surface area contributed by atoms with E-state index in [-0.39, 0.29) is 23.8 Å². The standard InChI is InChI=1S/C19H18FN5O3/c1-2-28-17(26)5-7-21-16-11-23-15(10-24-16)19(27)25-14-9-13(20)8-12-4-3-6-22-18(12)14/h3-4,6,8-11H,2,5,7H2,1H3,(H,21,24)(H,25,27). The lowest BCUT2D eigenvalue weighted by molar-refractivity contribution is -0.142. The van der Waals surface area contributed by atoms with E-state index in [2.05, 4.69) is 25.6 Å². The Balaban J connectivity index is 1.65. The van der Waals surface area contributed by atoms with E-state index >= 15 is 0 Å². The molecule has 0 fully saturated rings. The summed E-state index contributed by atoms with van der Waals surface area (Å²) in [7, 11) is 0. The van der Waals surface area contributed by atoms with Crippen molar-refractivity contribution in [3.63, 3.8) is 0 Å². The van der Waals surface area contributed by atoms with Crippen LogP contribution in [0.15, 0.2) is 42.9 Å². The van der Waals surface area contributed by atoms with Gasteiger partial charge in [0, 0.05) is 18.1 Å². The number of carbonyl (C=O) groups excluding carboxylic acids is 2. The molecule has 2 N–H and O–H groups in total. The lowest BCUT2D eigenvalue weighted by Crippen LogP contribution is -2.16. The molecule has 2 heterocycles. The first kappa shape index (κ1) is 19.2. The highest BCUT2D eigenvalue weighted by Crippen LogP contribution is 2.23. The van der Waals surface area contributed by atoms with Crippen LogP contribution in [-0.4, -0.2) is 40.0 Å². The van der Waals surface area contributed by atoms with Crippen LogP contribution in [0.25, 0.3) is 10.9 Å². The molecule has 0 aliphatic heterocycles. The number of esters is 1. The molecule has 0 bridgehead atoms. The number of fused-ring (bicyclic) bond motifs is 1. The Morgan fingerprint density at radius 1 is 1.18 bits per heavy atom. The second-order valence-corrected chi connectivity index (χ2v) is 5.75. The quantitative estimate of drug-likeness (QED) is 0.604. The van der Waals surface area contributed by atoms with Crippen LogP contribution in [0.4, 0.5) is 15.9 Å². The van der Waals surface area contributed by atoms with Crippen molar-refractivity contribution >= 4 is 34.3 Å². The number of aromatic nitrogens is 3. The number of nitrogens with zero attached hydrogens (tertiary/aromatic N) is 3. The second kappa shape index (κ2) is 8.85. The molecule has 0 atom stereocenters. The van der Waals surface area contributed by atoms with Gasteiger partial charge in [0.05, 0.1) is 36.6 Å². The van der Waals surface area contributed by atoms with E-state index in [0.717, 1.165) is 0 Å². The van der Waals surface area contributed by atoms with Gasteiger partial charge in [-0.15, -0.1) is 0 Å². The lowest BCUT2D eigenvalue weighted by Gasteiger charge is -2.09. The molecule has 3 aromatic rings. The molecule has 1 amide bonds. The Hall–Kier alpha value is -3.62. The second-order valence-electron chi connectivity index (χ2n) is 5.75. The maximum Gasteiger partial charge on any atom is 0.307 e. The molecule has 0 spiro atoms. The van der Waals surface area contributed by atoms with Gasteiger partial charge in [0.2, 0.25) is 0 Å². The van der Waals surface area contributed by atoms with Crippen molar-refractivity contribution in [3.8, 4) is 0 Å². The monoisotopic (exact) mass is 383 g/mol. The lowest BCUT2D eigenvalue weighted by atomic mass is 10.2. The fourth-order valence-electron chi connectivity index (χ4n) is 2.50. The highest BCUT2D eigenvalue weighted by molar-refractivity contribution is 6.07. The summed E-state index contributed by atoms with van der Waals surface area (Å²) >= 11 is 0. The van der Waals surface area contributed by atoms with Gasteiger partial charge in [-0.2, -0.15) is 0 Å². The first-order valence-electron chi connectivity index (χ1n) is 8.64. The van der Waals surface area contributed by atoms with E-state index < -0.39 is 11.7 Å². The fourth-order valence-corrected chi connectivity index (χ4v) is 2.50. The van der Waals surface area contributed by atoms with Gasteiger partial charge < -0.3 is 15.4 Å². The number of carbonyl (C=O) groups is 2. The highest BCUT2D eigenvalue weighted by Gasteiger charge is 2.12. The number of amides is 1. The maximum absolute atomic E-state index is 13.8. The summed E-state index contributed by atoms with van der Waals surface area (Å²) in [5.74, 6) is -0.917. The number of ether oxygens (including phenoxy) is 1. The van der Waals surface area contributed by atoms with Gasteiger partial charge in [-0.1, -0.05) is 6.07 Å². The molecular formula is C19H18FN5O3. The Labute approximate surface area is 160 Å². The van der Waals surface area contributed by atoms with Crippen molar-refractivity contribution in [1.82, 2.24) is 15.0 Å². The minimum atomic E-state index is -0.539. The number of hydrogen-bond donors (Lipinski definition) is 2. The number of halogens is 1. The van der Waals surface area contributed by atoms with Crippen molar-refractivity contribution in [2.75, 3.05) is 23.8 Å². The number of benzene rings is 1. The molecule has 0 aliphatic carbocycles. The average molecular weight is 383 g/mol. The van der Waals surface area contributed by atoms with E-state index in [0.29, 0.717) is 29.9 Å². The molecule has 2 aromatic heterocycles. The SMILES string of the molecule is CCOC(=O)CCNc1cnc(C(=O)Nc2cc(F)cc3cccnc23)cn1. The number of hydrogen-bond acceptors (Lipinski definition) is 7. The Morgan fingerprint density at radius 3 is 2.79 bits per heavy atom. The molecule has 0 aliphatic rings. The van der Waals surface area contributed by atoms with Gasteiger partial charge in [-0.05, 0) is 25.1 Å². The van der Waals surface area contributed by atoms with Gasteiger partial charge in [0.1, 0.15) is 17.3 Å². The molecular weight excluding hydrogens is 365 g/mol. The van der Waals surface area contributed by atoms with Crippen LogP contribution < -0.4 is 10.6 Å². The molecule has 0 unspecified atom stereocenters. The van der Waals surface area contributed by atoms with Crippen LogP contribution in [0.5, 0.6) is 0 Å². The van der Waals surface area contributed by atoms with Crippen LogP contribution in [0.1, 0.15) is 23.8 Å². The largest absolute Gasteiger partial charge is 0.466 e. The molecule has 0 saturated heterocycles. The zero-order valence-electron chi connectivity index (χ0n) is 15.1. The Bertz CT molecular complexity index is 995.